The number of carbonyl (C=O) groups excluding carboxylic acids is 1. The summed E-state index contributed by atoms with van der Waals surface area (Å²) in [5.41, 5.74) is 11.9. The van der Waals surface area contributed by atoms with Crippen LogP contribution in [0.3, 0.4) is 0 Å². The number of primary amides is 1. The molecule has 3 heteroatoms. The van der Waals surface area contributed by atoms with Gasteiger partial charge >= 0.3 is 0 Å². The van der Waals surface area contributed by atoms with E-state index in [-0.39, 0.29) is 11.8 Å². The first-order chi connectivity index (χ1) is 14.6. The topological polar surface area (TPSA) is 48.0 Å². The first-order valence-corrected chi connectivity index (χ1v) is 10.6. The summed E-state index contributed by atoms with van der Waals surface area (Å²) >= 11 is 0. The Kier molecular flexibility index (Phi) is 5.99. The summed E-state index contributed by atoms with van der Waals surface area (Å²) < 4.78 is 2.30. The van der Waals surface area contributed by atoms with E-state index in [2.05, 4.69) is 90.5 Å². The van der Waals surface area contributed by atoms with E-state index in [1.165, 1.54) is 33.2 Å². The molecule has 3 nitrogen and oxygen atoms in total. The number of hydrogen-bond acceptors (Lipinski definition) is 1. The quantitative estimate of drug-likeness (QED) is 0.415. The molecule has 1 heterocycles. The molecule has 0 aliphatic rings. The third-order valence-corrected chi connectivity index (χ3v) is 5.80. The number of para-hydroxylation sites is 1. The van der Waals surface area contributed by atoms with Crippen molar-refractivity contribution in [1.29, 1.82) is 0 Å². The highest BCUT2D eigenvalue weighted by Crippen LogP contribution is 2.33. The number of benzene rings is 3. The largest absolute Gasteiger partial charge is 0.370 e. The standard InChI is InChI=1S/C27H28N2O/c1-20-11-13-22(14-12-20)18-29-19-25(24-9-5-6-10-26(24)29)23(17-27(28)30)16-15-21-7-3-2-4-8-21/h2-14,19,23H,15-18H2,1H3,(H2,28,30). The highest BCUT2D eigenvalue weighted by Gasteiger charge is 2.20. The van der Waals surface area contributed by atoms with E-state index < -0.39 is 0 Å². The van der Waals surface area contributed by atoms with Gasteiger partial charge in [0.05, 0.1) is 0 Å². The lowest BCUT2D eigenvalue weighted by Crippen LogP contribution is -2.16. The average molecular weight is 397 g/mol. The monoisotopic (exact) mass is 396 g/mol. The van der Waals surface area contributed by atoms with E-state index in [4.69, 9.17) is 5.73 Å². The van der Waals surface area contributed by atoms with Crippen LogP contribution in [-0.4, -0.2) is 10.5 Å². The van der Waals surface area contributed by atoms with Crippen molar-refractivity contribution in [3.63, 3.8) is 0 Å². The number of rotatable bonds is 8. The molecule has 2 N–H and O–H groups in total. The van der Waals surface area contributed by atoms with Gasteiger partial charge in [0.1, 0.15) is 0 Å². The maximum atomic E-state index is 11.9. The minimum Gasteiger partial charge on any atom is -0.370 e. The van der Waals surface area contributed by atoms with Gasteiger partial charge in [0.2, 0.25) is 5.91 Å². The molecule has 4 aromatic rings. The smallest absolute Gasteiger partial charge is 0.218 e. The maximum absolute atomic E-state index is 11.9. The van der Waals surface area contributed by atoms with Crippen LogP contribution in [-0.2, 0) is 17.8 Å². The average Bonchev–Trinajstić information content (AvgIpc) is 3.12. The van der Waals surface area contributed by atoms with E-state index in [0.717, 1.165) is 19.4 Å². The normalized spacial score (nSPS) is 12.2. The molecule has 0 aliphatic heterocycles. The minimum atomic E-state index is -0.247. The second-order valence-corrected chi connectivity index (χ2v) is 8.11. The molecule has 4 rings (SSSR count). The fourth-order valence-corrected chi connectivity index (χ4v) is 4.22. The lowest BCUT2D eigenvalue weighted by Gasteiger charge is -2.15. The number of nitrogens with zero attached hydrogens (tertiary/aromatic N) is 1. The van der Waals surface area contributed by atoms with Crippen molar-refractivity contribution < 1.29 is 4.79 Å². The van der Waals surface area contributed by atoms with Crippen molar-refractivity contribution in [2.75, 3.05) is 0 Å². The van der Waals surface area contributed by atoms with Crippen LogP contribution in [0.4, 0.5) is 0 Å². The van der Waals surface area contributed by atoms with Crippen LogP contribution in [0.5, 0.6) is 0 Å². The van der Waals surface area contributed by atoms with Crippen molar-refractivity contribution >= 4 is 16.8 Å². The zero-order chi connectivity index (χ0) is 20.9. The predicted molar refractivity (Wildman–Crippen MR) is 124 cm³/mol. The molecular weight excluding hydrogens is 368 g/mol. The molecule has 0 saturated carbocycles. The van der Waals surface area contributed by atoms with Crippen LogP contribution in [0.15, 0.2) is 85.1 Å². The molecule has 0 saturated heterocycles. The van der Waals surface area contributed by atoms with Crippen LogP contribution in [0.2, 0.25) is 0 Å². The Balaban J connectivity index is 1.67. The Bertz CT molecular complexity index is 1130. The van der Waals surface area contributed by atoms with Gasteiger partial charge in [0.15, 0.2) is 0 Å². The SMILES string of the molecule is Cc1ccc(Cn2cc(C(CCc3ccccc3)CC(N)=O)c3ccccc32)cc1. The zero-order valence-corrected chi connectivity index (χ0v) is 17.4. The summed E-state index contributed by atoms with van der Waals surface area (Å²) in [5, 5.41) is 1.21. The summed E-state index contributed by atoms with van der Waals surface area (Å²) in [6, 6.07) is 27.6. The van der Waals surface area contributed by atoms with Crippen molar-refractivity contribution in [3.05, 3.63) is 107 Å². The van der Waals surface area contributed by atoms with Gasteiger partial charge in [-0.15, -0.1) is 0 Å². The van der Waals surface area contributed by atoms with E-state index in [9.17, 15) is 4.79 Å². The Morgan fingerprint density at radius 2 is 1.60 bits per heavy atom. The van der Waals surface area contributed by atoms with E-state index in [0.29, 0.717) is 6.42 Å². The third-order valence-electron chi connectivity index (χ3n) is 5.80. The van der Waals surface area contributed by atoms with Gasteiger partial charge in [-0.25, -0.2) is 0 Å². The van der Waals surface area contributed by atoms with E-state index >= 15 is 0 Å². The molecule has 1 aromatic heterocycles. The Morgan fingerprint density at radius 1 is 0.900 bits per heavy atom. The molecule has 0 radical (unpaired) electrons. The van der Waals surface area contributed by atoms with Gasteiger partial charge in [0, 0.05) is 30.1 Å². The van der Waals surface area contributed by atoms with Crippen LogP contribution in [0, 0.1) is 6.92 Å². The molecule has 0 bridgehead atoms. The van der Waals surface area contributed by atoms with Gasteiger partial charge in [-0.2, -0.15) is 0 Å². The lowest BCUT2D eigenvalue weighted by molar-refractivity contribution is -0.118. The molecule has 1 atom stereocenters. The first kappa shape index (κ1) is 20.0. The summed E-state index contributed by atoms with van der Waals surface area (Å²) in [6.45, 7) is 2.91. The molecule has 0 aliphatic carbocycles. The second kappa shape index (κ2) is 9.00. The zero-order valence-electron chi connectivity index (χ0n) is 17.4. The van der Waals surface area contributed by atoms with Gasteiger partial charge in [-0.1, -0.05) is 78.4 Å². The Morgan fingerprint density at radius 3 is 2.33 bits per heavy atom. The van der Waals surface area contributed by atoms with E-state index in [1.54, 1.807) is 0 Å². The molecule has 152 valence electrons. The molecule has 30 heavy (non-hydrogen) atoms. The van der Waals surface area contributed by atoms with Crippen LogP contribution >= 0.6 is 0 Å². The van der Waals surface area contributed by atoms with Crippen molar-refractivity contribution in [3.8, 4) is 0 Å². The molecule has 0 spiro atoms. The highest BCUT2D eigenvalue weighted by atomic mass is 16.1. The Hall–Kier alpha value is -3.33. The predicted octanol–water partition coefficient (Wildman–Crippen LogP) is 5.59. The number of hydrogen-bond donors (Lipinski definition) is 1. The van der Waals surface area contributed by atoms with Gasteiger partial charge in [-0.3, -0.25) is 4.79 Å². The summed E-state index contributed by atoms with van der Waals surface area (Å²) in [4.78, 5) is 11.9. The fourth-order valence-electron chi connectivity index (χ4n) is 4.22. The van der Waals surface area contributed by atoms with Crippen LogP contribution in [0.25, 0.3) is 10.9 Å². The third kappa shape index (κ3) is 4.62. The lowest BCUT2D eigenvalue weighted by atomic mass is 9.89. The molecular formula is C27H28N2O. The second-order valence-electron chi connectivity index (χ2n) is 8.11. The van der Waals surface area contributed by atoms with Crippen molar-refractivity contribution in [1.82, 2.24) is 4.57 Å². The van der Waals surface area contributed by atoms with Crippen LogP contribution < -0.4 is 5.73 Å². The van der Waals surface area contributed by atoms with E-state index in [1.807, 2.05) is 6.07 Å². The highest BCUT2D eigenvalue weighted by molar-refractivity contribution is 5.85. The Labute approximate surface area is 178 Å². The maximum Gasteiger partial charge on any atom is 0.218 e. The number of aryl methyl sites for hydroxylation is 2. The number of nitrogens with two attached hydrogens (primary N) is 1. The van der Waals surface area contributed by atoms with Crippen molar-refractivity contribution in [2.45, 2.75) is 38.6 Å². The van der Waals surface area contributed by atoms with Gasteiger partial charge in [0.25, 0.3) is 0 Å². The number of fused-ring (bicyclic) bond motifs is 1. The molecule has 1 amide bonds. The molecule has 0 fully saturated rings. The molecule has 3 aromatic carbocycles. The summed E-state index contributed by atoms with van der Waals surface area (Å²) in [5.74, 6) is -0.143. The number of carbonyl (C=O) groups is 1. The first-order valence-electron chi connectivity index (χ1n) is 10.6. The minimum absolute atomic E-state index is 0.104. The molecule has 1 unspecified atom stereocenters. The summed E-state index contributed by atoms with van der Waals surface area (Å²) in [6.07, 6.45) is 4.41. The summed E-state index contributed by atoms with van der Waals surface area (Å²) in [7, 11) is 0. The van der Waals surface area contributed by atoms with Gasteiger partial charge in [-0.05, 0) is 48.4 Å². The van der Waals surface area contributed by atoms with Crippen LogP contribution in [0.1, 0.15) is 41.0 Å². The number of aromatic nitrogens is 1. The van der Waals surface area contributed by atoms with Crippen molar-refractivity contribution in [2.24, 2.45) is 5.73 Å². The van der Waals surface area contributed by atoms with Gasteiger partial charge < -0.3 is 10.3 Å². The number of amides is 1. The fraction of sp³-hybridized carbons (Fsp3) is 0.222.